The van der Waals surface area contributed by atoms with Crippen LogP contribution in [-0.2, 0) is 11.2 Å². The Morgan fingerprint density at radius 3 is 2.76 bits per heavy atom. The number of carbonyl (C=O) groups is 1. The Labute approximate surface area is 156 Å². The van der Waals surface area contributed by atoms with Gasteiger partial charge in [0.05, 0.1) is 20.3 Å². The summed E-state index contributed by atoms with van der Waals surface area (Å²) >= 11 is 0. The molecule has 1 heterocycles. The van der Waals surface area contributed by atoms with Crippen LogP contribution in [0.25, 0.3) is 0 Å². The van der Waals surface area contributed by atoms with Crippen LogP contribution in [-0.4, -0.2) is 38.8 Å². The largest absolute Gasteiger partial charge is 0.497 e. The van der Waals surface area contributed by atoms with Crippen molar-refractivity contribution in [1.82, 2.24) is 10.6 Å². The van der Waals surface area contributed by atoms with E-state index in [1.165, 1.54) is 25.7 Å². The van der Waals surface area contributed by atoms with Gasteiger partial charge in [0.15, 0.2) is 0 Å². The first-order valence-corrected chi connectivity index (χ1v) is 8.96. The number of hydrogen-bond donors (Lipinski definition) is 2. The second-order valence-electron chi connectivity index (χ2n) is 6.82. The van der Waals surface area contributed by atoms with E-state index < -0.39 is 0 Å². The molecule has 1 saturated carbocycles. The standard InChI is InChI=1S/C19H28N2O3.ClH/c1-23-15-7-8-18(24-2)14(11-15)9-10-20-19(22)17-12-13-5-3-4-6-16(13)21-17;/h7-8,11,13,16-17,21H,3-6,9-10,12H2,1-2H3,(H,20,22);1H. The quantitative estimate of drug-likeness (QED) is 0.810. The molecule has 5 nitrogen and oxygen atoms in total. The molecular formula is C19H29ClN2O3. The van der Waals surface area contributed by atoms with E-state index in [0.717, 1.165) is 29.9 Å². The average molecular weight is 369 g/mol. The molecule has 2 fully saturated rings. The van der Waals surface area contributed by atoms with Gasteiger partial charge >= 0.3 is 0 Å². The third-order valence-electron chi connectivity index (χ3n) is 5.36. The Balaban J connectivity index is 0.00000225. The summed E-state index contributed by atoms with van der Waals surface area (Å²) in [6.07, 6.45) is 6.80. The number of rotatable bonds is 6. The van der Waals surface area contributed by atoms with E-state index in [1.807, 2.05) is 18.2 Å². The molecule has 0 spiro atoms. The number of methoxy groups -OCH3 is 2. The van der Waals surface area contributed by atoms with E-state index in [1.54, 1.807) is 14.2 Å². The van der Waals surface area contributed by atoms with Crippen LogP contribution in [0.2, 0.25) is 0 Å². The maximum Gasteiger partial charge on any atom is 0.237 e. The Morgan fingerprint density at radius 2 is 2.04 bits per heavy atom. The smallest absolute Gasteiger partial charge is 0.237 e. The first kappa shape index (κ1) is 19.9. The number of nitrogens with one attached hydrogen (secondary N) is 2. The van der Waals surface area contributed by atoms with Crippen molar-refractivity contribution in [3.05, 3.63) is 23.8 Å². The van der Waals surface area contributed by atoms with Crippen LogP contribution >= 0.6 is 12.4 Å². The number of amides is 1. The van der Waals surface area contributed by atoms with Gasteiger partial charge in [-0.15, -0.1) is 12.4 Å². The number of fused-ring (bicyclic) bond motifs is 1. The highest BCUT2D eigenvalue weighted by Gasteiger charge is 2.37. The molecule has 1 aromatic rings. The van der Waals surface area contributed by atoms with Crippen molar-refractivity contribution in [3.8, 4) is 11.5 Å². The number of benzene rings is 1. The lowest BCUT2D eigenvalue weighted by Crippen LogP contribution is -2.43. The molecule has 3 atom stereocenters. The SMILES string of the molecule is COc1ccc(OC)c(CCNC(=O)C2CC3CCCCC3N2)c1.Cl. The summed E-state index contributed by atoms with van der Waals surface area (Å²) < 4.78 is 10.7. The molecule has 25 heavy (non-hydrogen) atoms. The summed E-state index contributed by atoms with van der Waals surface area (Å²) in [6.45, 7) is 0.607. The van der Waals surface area contributed by atoms with Crippen LogP contribution in [0.4, 0.5) is 0 Å². The second kappa shape index (κ2) is 9.30. The maximum absolute atomic E-state index is 12.4. The van der Waals surface area contributed by atoms with Crippen LogP contribution in [0.15, 0.2) is 18.2 Å². The van der Waals surface area contributed by atoms with Crippen LogP contribution in [0.3, 0.4) is 0 Å². The van der Waals surface area contributed by atoms with Crippen LogP contribution in [0, 0.1) is 5.92 Å². The van der Waals surface area contributed by atoms with Gasteiger partial charge in [0.2, 0.25) is 5.91 Å². The van der Waals surface area contributed by atoms with Gasteiger partial charge in [-0.25, -0.2) is 0 Å². The highest BCUT2D eigenvalue weighted by atomic mass is 35.5. The minimum absolute atomic E-state index is 0. The monoisotopic (exact) mass is 368 g/mol. The minimum atomic E-state index is -0.0229. The van der Waals surface area contributed by atoms with Crippen molar-refractivity contribution in [2.45, 2.75) is 50.6 Å². The molecule has 2 aliphatic rings. The predicted molar refractivity (Wildman–Crippen MR) is 101 cm³/mol. The van der Waals surface area contributed by atoms with Gasteiger partial charge < -0.3 is 20.1 Å². The van der Waals surface area contributed by atoms with Gasteiger partial charge in [-0.05, 0) is 55.4 Å². The Kier molecular flexibility index (Phi) is 7.38. The fraction of sp³-hybridized carbons (Fsp3) is 0.632. The molecule has 3 rings (SSSR count). The molecule has 1 aliphatic carbocycles. The van der Waals surface area contributed by atoms with Crippen LogP contribution in [0.1, 0.15) is 37.7 Å². The lowest BCUT2D eigenvalue weighted by Gasteiger charge is -2.24. The molecule has 2 N–H and O–H groups in total. The molecule has 1 amide bonds. The van der Waals surface area contributed by atoms with Crippen molar-refractivity contribution in [2.24, 2.45) is 5.92 Å². The summed E-state index contributed by atoms with van der Waals surface area (Å²) in [4.78, 5) is 12.4. The number of halogens is 1. The van der Waals surface area contributed by atoms with Crippen molar-refractivity contribution in [2.75, 3.05) is 20.8 Å². The maximum atomic E-state index is 12.4. The number of ether oxygens (including phenoxy) is 2. The molecule has 0 bridgehead atoms. The fourth-order valence-corrected chi connectivity index (χ4v) is 4.04. The van der Waals surface area contributed by atoms with E-state index in [9.17, 15) is 4.79 Å². The number of hydrogen-bond acceptors (Lipinski definition) is 4. The molecule has 1 aromatic carbocycles. The molecule has 6 heteroatoms. The topological polar surface area (TPSA) is 59.6 Å². The minimum Gasteiger partial charge on any atom is -0.497 e. The molecule has 0 aromatic heterocycles. The lowest BCUT2D eigenvalue weighted by atomic mass is 9.85. The molecule has 1 saturated heterocycles. The number of carbonyl (C=O) groups excluding carboxylic acids is 1. The zero-order chi connectivity index (χ0) is 16.9. The van der Waals surface area contributed by atoms with E-state index >= 15 is 0 Å². The van der Waals surface area contributed by atoms with E-state index in [2.05, 4.69) is 10.6 Å². The normalized spacial score (nSPS) is 24.8. The zero-order valence-corrected chi connectivity index (χ0v) is 15.9. The zero-order valence-electron chi connectivity index (χ0n) is 15.0. The highest BCUT2D eigenvalue weighted by Crippen LogP contribution is 2.33. The first-order chi connectivity index (χ1) is 11.7. The Hall–Kier alpha value is -1.46. The van der Waals surface area contributed by atoms with Crippen molar-refractivity contribution < 1.29 is 14.3 Å². The van der Waals surface area contributed by atoms with Gasteiger partial charge in [-0.3, -0.25) is 4.79 Å². The Morgan fingerprint density at radius 1 is 1.24 bits per heavy atom. The summed E-state index contributed by atoms with van der Waals surface area (Å²) in [7, 11) is 3.31. The average Bonchev–Trinajstić information content (AvgIpc) is 3.05. The van der Waals surface area contributed by atoms with Gasteiger partial charge in [-0.1, -0.05) is 12.8 Å². The van der Waals surface area contributed by atoms with Crippen LogP contribution < -0.4 is 20.1 Å². The molecule has 1 aliphatic heterocycles. The summed E-state index contributed by atoms with van der Waals surface area (Å²) in [5.41, 5.74) is 1.05. The van der Waals surface area contributed by atoms with Crippen molar-refractivity contribution in [3.63, 3.8) is 0 Å². The predicted octanol–water partition coefficient (Wildman–Crippen LogP) is 2.71. The van der Waals surface area contributed by atoms with E-state index in [4.69, 9.17) is 9.47 Å². The summed E-state index contributed by atoms with van der Waals surface area (Å²) in [5.74, 6) is 2.45. The fourth-order valence-electron chi connectivity index (χ4n) is 4.04. The second-order valence-corrected chi connectivity index (χ2v) is 6.82. The summed E-state index contributed by atoms with van der Waals surface area (Å²) in [5, 5.41) is 6.60. The Bertz CT molecular complexity index is 568. The van der Waals surface area contributed by atoms with E-state index in [-0.39, 0.29) is 24.4 Å². The lowest BCUT2D eigenvalue weighted by molar-refractivity contribution is -0.122. The molecular weight excluding hydrogens is 340 g/mol. The molecule has 140 valence electrons. The first-order valence-electron chi connectivity index (χ1n) is 8.96. The van der Waals surface area contributed by atoms with Crippen molar-refractivity contribution in [1.29, 1.82) is 0 Å². The molecule has 0 radical (unpaired) electrons. The van der Waals surface area contributed by atoms with Crippen molar-refractivity contribution >= 4 is 18.3 Å². The molecule has 3 unspecified atom stereocenters. The van der Waals surface area contributed by atoms with Gasteiger partial charge in [0.1, 0.15) is 11.5 Å². The highest BCUT2D eigenvalue weighted by molar-refractivity contribution is 5.85. The van der Waals surface area contributed by atoms with Gasteiger partial charge in [0.25, 0.3) is 0 Å². The third-order valence-corrected chi connectivity index (χ3v) is 5.36. The van der Waals surface area contributed by atoms with Gasteiger partial charge in [-0.2, -0.15) is 0 Å². The third kappa shape index (κ3) is 4.79. The van der Waals surface area contributed by atoms with E-state index in [0.29, 0.717) is 18.5 Å². The summed E-state index contributed by atoms with van der Waals surface area (Å²) in [6, 6.07) is 6.27. The van der Waals surface area contributed by atoms with Crippen LogP contribution in [0.5, 0.6) is 11.5 Å². The van der Waals surface area contributed by atoms with Gasteiger partial charge in [0, 0.05) is 12.6 Å².